The third kappa shape index (κ3) is 2.74. The summed E-state index contributed by atoms with van der Waals surface area (Å²) in [4.78, 5) is 23.9. The van der Waals surface area contributed by atoms with Crippen molar-refractivity contribution in [2.45, 2.75) is 45.3 Å². The molecule has 2 saturated carbocycles. The Balaban J connectivity index is 1.85. The normalized spacial score (nSPS) is 35.0. The van der Waals surface area contributed by atoms with Gasteiger partial charge in [0.1, 0.15) is 12.2 Å². The van der Waals surface area contributed by atoms with Gasteiger partial charge in [0.05, 0.1) is 0 Å². The number of hydrogen-bond donors (Lipinski definition) is 0. The van der Waals surface area contributed by atoms with Crippen LogP contribution in [0.15, 0.2) is 48.1 Å². The summed E-state index contributed by atoms with van der Waals surface area (Å²) in [6.45, 7) is 16.0. The van der Waals surface area contributed by atoms with Gasteiger partial charge in [-0.3, -0.25) is 0 Å². The van der Waals surface area contributed by atoms with Crippen LogP contribution < -0.4 is 0 Å². The van der Waals surface area contributed by atoms with Gasteiger partial charge in [-0.05, 0) is 44.6 Å². The van der Waals surface area contributed by atoms with Crippen LogP contribution in [-0.2, 0) is 19.1 Å². The molecule has 0 unspecified atom stereocenters. The monoisotopic (exact) mass is 328 g/mol. The maximum atomic E-state index is 12.0. The summed E-state index contributed by atoms with van der Waals surface area (Å²) in [5.41, 5.74) is 3.39. The van der Waals surface area contributed by atoms with E-state index in [0.717, 1.165) is 29.6 Å². The van der Waals surface area contributed by atoms with Gasteiger partial charge in [0.15, 0.2) is 0 Å². The predicted octanol–water partition coefficient (Wildman–Crippen LogP) is 3.50. The third-order valence-electron chi connectivity index (χ3n) is 5.41. The molecule has 0 aromatic heterocycles. The summed E-state index contributed by atoms with van der Waals surface area (Å²) in [6.07, 6.45) is 3.20. The van der Waals surface area contributed by atoms with E-state index in [-0.39, 0.29) is 41.9 Å². The number of allylic oxidation sites excluding steroid dienone is 2. The van der Waals surface area contributed by atoms with Gasteiger partial charge in [-0.1, -0.05) is 30.9 Å². The Hall–Kier alpha value is -2.10. The number of rotatable bonds is 2. The summed E-state index contributed by atoms with van der Waals surface area (Å²) < 4.78 is 11.2. The molecule has 1 heterocycles. The van der Waals surface area contributed by atoms with Crippen LogP contribution in [0.5, 0.6) is 0 Å². The van der Waals surface area contributed by atoms with E-state index in [0.29, 0.717) is 12.0 Å². The van der Waals surface area contributed by atoms with Gasteiger partial charge in [-0.2, -0.15) is 0 Å². The fourth-order valence-corrected chi connectivity index (χ4v) is 4.22. The van der Waals surface area contributed by atoms with E-state index in [9.17, 15) is 9.59 Å². The van der Waals surface area contributed by atoms with E-state index in [4.69, 9.17) is 9.47 Å². The maximum Gasteiger partial charge on any atom is 0.334 e. The first kappa shape index (κ1) is 16.7. The molecule has 0 amide bonds. The van der Waals surface area contributed by atoms with E-state index in [1.807, 2.05) is 13.8 Å². The first-order chi connectivity index (χ1) is 11.3. The van der Waals surface area contributed by atoms with Crippen molar-refractivity contribution >= 4 is 11.9 Å². The van der Waals surface area contributed by atoms with E-state index < -0.39 is 0 Å². The fourth-order valence-electron chi connectivity index (χ4n) is 4.22. The van der Waals surface area contributed by atoms with E-state index in [2.05, 4.69) is 19.7 Å². The minimum Gasteiger partial charge on any atom is -0.458 e. The van der Waals surface area contributed by atoms with Crippen LogP contribution in [0.1, 0.15) is 33.1 Å². The van der Waals surface area contributed by atoms with Crippen LogP contribution in [0.3, 0.4) is 0 Å². The number of carbonyl (C=O) groups is 2. The molecule has 3 fully saturated rings. The molecule has 3 rings (SSSR count). The van der Waals surface area contributed by atoms with Crippen molar-refractivity contribution in [2.75, 3.05) is 0 Å². The smallest absolute Gasteiger partial charge is 0.334 e. The molecule has 5 atom stereocenters. The van der Waals surface area contributed by atoms with Crippen LogP contribution in [0, 0.1) is 17.8 Å². The SMILES string of the molecule is C=C1[C@H]2[C@H]3OC(=O)C(=C)[C@H]3CCC(=C)[C@H]2C[C@@H]1OC(=O)C=C(C)C. The fraction of sp³-hybridized carbons (Fsp3) is 0.500. The highest BCUT2D eigenvalue weighted by Crippen LogP contribution is 2.52. The summed E-state index contributed by atoms with van der Waals surface area (Å²) >= 11 is 0. The van der Waals surface area contributed by atoms with Crippen molar-refractivity contribution in [1.82, 2.24) is 0 Å². The molecular weight excluding hydrogens is 304 g/mol. The van der Waals surface area contributed by atoms with Crippen molar-refractivity contribution in [1.29, 1.82) is 0 Å². The van der Waals surface area contributed by atoms with Gasteiger partial charge in [0, 0.05) is 23.5 Å². The largest absolute Gasteiger partial charge is 0.458 e. The minimum absolute atomic E-state index is 0.00762. The van der Waals surface area contributed by atoms with Gasteiger partial charge in [-0.25, -0.2) is 9.59 Å². The first-order valence-corrected chi connectivity index (χ1v) is 8.41. The van der Waals surface area contributed by atoms with E-state index in [1.165, 1.54) is 6.08 Å². The first-order valence-electron chi connectivity index (χ1n) is 8.41. The average molecular weight is 328 g/mol. The highest BCUT2D eigenvalue weighted by atomic mass is 16.6. The molecule has 0 aromatic rings. The highest BCUT2D eigenvalue weighted by Gasteiger charge is 2.53. The molecule has 4 nitrogen and oxygen atoms in total. The lowest BCUT2D eigenvalue weighted by atomic mass is 9.82. The number of fused-ring (bicyclic) bond motifs is 3. The van der Waals surface area contributed by atoms with Crippen molar-refractivity contribution in [3.05, 3.63) is 48.1 Å². The van der Waals surface area contributed by atoms with Gasteiger partial charge < -0.3 is 9.47 Å². The number of esters is 2. The quantitative estimate of drug-likeness (QED) is 0.442. The number of ether oxygens (including phenoxy) is 2. The van der Waals surface area contributed by atoms with E-state index >= 15 is 0 Å². The lowest BCUT2D eigenvalue weighted by Gasteiger charge is -2.26. The molecule has 2 aliphatic carbocycles. The Morgan fingerprint density at radius 1 is 1.25 bits per heavy atom. The van der Waals surface area contributed by atoms with Crippen LogP contribution in [0.2, 0.25) is 0 Å². The van der Waals surface area contributed by atoms with Crippen molar-refractivity contribution in [2.24, 2.45) is 17.8 Å². The second-order valence-electron chi connectivity index (χ2n) is 7.29. The van der Waals surface area contributed by atoms with Crippen LogP contribution in [0.25, 0.3) is 0 Å². The van der Waals surface area contributed by atoms with Crippen molar-refractivity contribution in [3.63, 3.8) is 0 Å². The third-order valence-corrected chi connectivity index (χ3v) is 5.41. The zero-order chi connectivity index (χ0) is 17.6. The lowest BCUT2D eigenvalue weighted by molar-refractivity contribution is -0.142. The van der Waals surface area contributed by atoms with Crippen LogP contribution in [0.4, 0.5) is 0 Å². The number of hydrogen-bond acceptors (Lipinski definition) is 4. The Labute approximate surface area is 142 Å². The molecule has 0 bridgehead atoms. The van der Waals surface area contributed by atoms with Crippen molar-refractivity contribution in [3.8, 4) is 0 Å². The minimum atomic E-state index is -0.355. The Kier molecular flexibility index (Phi) is 4.24. The lowest BCUT2D eigenvalue weighted by Crippen LogP contribution is -2.29. The van der Waals surface area contributed by atoms with Crippen molar-refractivity contribution < 1.29 is 19.1 Å². The zero-order valence-corrected chi connectivity index (χ0v) is 14.3. The molecule has 0 aromatic carbocycles. The molecule has 0 radical (unpaired) electrons. The Bertz CT molecular complexity index is 665. The molecule has 1 saturated heterocycles. The number of carbonyl (C=O) groups excluding carboxylic acids is 2. The molecule has 0 N–H and O–H groups in total. The second-order valence-corrected chi connectivity index (χ2v) is 7.29. The topological polar surface area (TPSA) is 52.6 Å². The molecule has 3 aliphatic rings. The Morgan fingerprint density at radius 2 is 1.96 bits per heavy atom. The standard InChI is InChI=1S/C20H24O4/c1-10(2)8-17(21)23-16-9-15-11(3)6-7-14-12(4)20(22)24-19(14)18(15)13(16)5/h8,14-16,18-19H,3-7,9H2,1-2H3/t14-,15-,16+,18-,19+/m1/s1. The zero-order valence-electron chi connectivity index (χ0n) is 14.3. The molecule has 128 valence electrons. The van der Waals surface area contributed by atoms with Gasteiger partial charge in [-0.15, -0.1) is 0 Å². The Morgan fingerprint density at radius 3 is 2.62 bits per heavy atom. The summed E-state index contributed by atoms with van der Waals surface area (Å²) in [7, 11) is 0. The summed E-state index contributed by atoms with van der Waals surface area (Å²) in [5.74, 6) is -0.566. The van der Waals surface area contributed by atoms with Gasteiger partial charge in [0.25, 0.3) is 0 Å². The van der Waals surface area contributed by atoms with Crippen LogP contribution in [-0.4, -0.2) is 24.1 Å². The van der Waals surface area contributed by atoms with Gasteiger partial charge in [0.2, 0.25) is 0 Å². The summed E-state index contributed by atoms with van der Waals surface area (Å²) in [5, 5.41) is 0. The second kappa shape index (κ2) is 6.08. The highest BCUT2D eigenvalue weighted by molar-refractivity contribution is 5.91. The molecular formula is C20H24O4. The molecule has 1 aliphatic heterocycles. The van der Waals surface area contributed by atoms with Gasteiger partial charge >= 0.3 is 11.9 Å². The van der Waals surface area contributed by atoms with E-state index in [1.54, 1.807) is 0 Å². The average Bonchev–Trinajstić information content (AvgIpc) is 2.89. The predicted molar refractivity (Wildman–Crippen MR) is 90.9 cm³/mol. The molecule has 4 heteroatoms. The van der Waals surface area contributed by atoms with Crippen LogP contribution >= 0.6 is 0 Å². The molecule has 0 spiro atoms. The molecule has 24 heavy (non-hydrogen) atoms. The summed E-state index contributed by atoms with van der Waals surface area (Å²) in [6, 6.07) is 0. The maximum absolute atomic E-state index is 12.0.